The zero-order valence-corrected chi connectivity index (χ0v) is 16.1. The van der Waals surface area contributed by atoms with E-state index >= 15 is 0 Å². The first-order valence-corrected chi connectivity index (χ1v) is 7.83. The first-order chi connectivity index (χ1) is 9.72. The number of aliphatic imine (C=N–C) groups is 1. The molecule has 0 radical (unpaired) electrons. The Morgan fingerprint density at radius 1 is 1.48 bits per heavy atom. The lowest BCUT2D eigenvalue weighted by atomic mass is 10.2. The molecule has 0 saturated carbocycles. The summed E-state index contributed by atoms with van der Waals surface area (Å²) >= 11 is 1.82. The summed E-state index contributed by atoms with van der Waals surface area (Å²) in [6.45, 7) is 4.50. The Labute approximate surface area is 148 Å². The highest BCUT2D eigenvalue weighted by Crippen LogP contribution is 2.25. The molecule has 0 amide bonds. The molecule has 0 aliphatic carbocycles. The standard InChI is InChI=1S/C14H24N4OS.HI/c1-15-14(17(2)3)16-11-12(13-5-4-10-20-13)18-6-8-19-9-7-18;/h4-5,10,12H,6-9,11H2,1-3H3,(H,15,16);1H. The van der Waals surface area contributed by atoms with E-state index in [1.54, 1.807) is 0 Å². The second-order valence-electron chi connectivity index (χ2n) is 5.00. The highest BCUT2D eigenvalue weighted by Gasteiger charge is 2.23. The highest BCUT2D eigenvalue weighted by molar-refractivity contribution is 14.0. The number of rotatable bonds is 4. The van der Waals surface area contributed by atoms with Gasteiger partial charge in [-0.25, -0.2) is 0 Å². The summed E-state index contributed by atoms with van der Waals surface area (Å²) in [5, 5.41) is 5.60. The van der Waals surface area contributed by atoms with E-state index in [1.165, 1.54) is 4.88 Å². The van der Waals surface area contributed by atoms with E-state index in [1.807, 2.05) is 37.4 Å². The summed E-state index contributed by atoms with van der Waals surface area (Å²) in [5.74, 6) is 0.916. The molecule has 0 bridgehead atoms. The van der Waals surface area contributed by atoms with Crippen molar-refractivity contribution in [3.05, 3.63) is 22.4 Å². The van der Waals surface area contributed by atoms with Crippen molar-refractivity contribution >= 4 is 41.3 Å². The lowest BCUT2D eigenvalue weighted by molar-refractivity contribution is 0.0176. The minimum atomic E-state index is 0. The van der Waals surface area contributed by atoms with Gasteiger partial charge in [-0.1, -0.05) is 6.07 Å². The van der Waals surface area contributed by atoms with Gasteiger partial charge >= 0.3 is 0 Å². The summed E-state index contributed by atoms with van der Waals surface area (Å²) in [7, 11) is 5.83. The first-order valence-electron chi connectivity index (χ1n) is 6.95. The third kappa shape index (κ3) is 5.39. The number of hydrogen-bond acceptors (Lipinski definition) is 4. The summed E-state index contributed by atoms with van der Waals surface area (Å²) in [5.41, 5.74) is 0. The van der Waals surface area contributed by atoms with E-state index in [-0.39, 0.29) is 24.0 Å². The van der Waals surface area contributed by atoms with Crippen LogP contribution in [0.5, 0.6) is 0 Å². The van der Waals surface area contributed by atoms with Gasteiger partial charge in [-0.05, 0) is 11.4 Å². The van der Waals surface area contributed by atoms with Gasteiger partial charge in [0.25, 0.3) is 0 Å². The molecule has 1 aliphatic rings. The number of morpholine rings is 1. The smallest absolute Gasteiger partial charge is 0.193 e. The van der Waals surface area contributed by atoms with E-state index in [0.717, 1.165) is 38.8 Å². The van der Waals surface area contributed by atoms with Crippen molar-refractivity contribution in [3.8, 4) is 0 Å². The molecule has 1 aromatic heterocycles. The van der Waals surface area contributed by atoms with Crippen LogP contribution in [0.1, 0.15) is 10.9 Å². The molecule has 7 heteroatoms. The quantitative estimate of drug-likeness (QED) is 0.455. The van der Waals surface area contributed by atoms with Gasteiger partial charge in [-0.2, -0.15) is 0 Å². The molecule has 1 aliphatic heterocycles. The molecule has 5 nitrogen and oxygen atoms in total. The molecular formula is C14H25IN4OS. The van der Waals surface area contributed by atoms with Crippen LogP contribution < -0.4 is 5.32 Å². The van der Waals surface area contributed by atoms with Crippen molar-refractivity contribution in [2.24, 2.45) is 4.99 Å². The van der Waals surface area contributed by atoms with Crippen LogP contribution in [0.3, 0.4) is 0 Å². The van der Waals surface area contributed by atoms with Crippen LogP contribution in [0.25, 0.3) is 0 Å². The van der Waals surface area contributed by atoms with Gasteiger partial charge in [0.15, 0.2) is 5.96 Å². The lowest BCUT2D eigenvalue weighted by Crippen LogP contribution is -2.45. The number of thiophene rings is 1. The fraction of sp³-hybridized carbons (Fsp3) is 0.643. The van der Waals surface area contributed by atoms with Crippen molar-refractivity contribution in [3.63, 3.8) is 0 Å². The Morgan fingerprint density at radius 3 is 2.71 bits per heavy atom. The minimum Gasteiger partial charge on any atom is -0.379 e. The minimum absolute atomic E-state index is 0. The van der Waals surface area contributed by atoms with Gasteiger partial charge in [-0.15, -0.1) is 35.3 Å². The fourth-order valence-electron chi connectivity index (χ4n) is 2.40. The predicted molar refractivity (Wildman–Crippen MR) is 99.9 cm³/mol. The van der Waals surface area contributed by atoms with Crippen molar-refractivity contribution < 1.29 is 4.74 Å². The van der Waals surface area contributed by atoms with Gasteiger partial charge in [0.1, 0.15) is 0 Å². The average molecular weight is 424 g/mol. The molecule has 0 aromatic carbocycles. The Kier molecular flexibility index (Phi) is 8.53. The number of nitrogens with zero attached hydrogens (tertiary/aromatic N) is 3. The maximum Gasteiger partial charge on any atom is 0.193 e. The number of nitrogens with one attached hydrogen (secondary N) is 1. The molecule has 2 rings (SSSR count). The molecule has 1 unspecified atom stereocenters. The molecule has 1 N–H and O–H groups in total. The first kappa shape index (κ1) is 18.7. The summed E-state index contributed by atoms with van der Waals surface area (Å²) in [6, 6.07) is 4.72. The zero-order chi connectivity index (χ0) is 14.4. The Hall–Kier alpha value is -0.380. The molecule has 1 fully saturated rings. The normalized spacial score (nSPS) is 18.0. The molecule has 1 atom stereocenters. The predicted octanol–water partition coefficient (Wildman–Crippen LogP) is 1.88. The maximum absolute atomic E-state index is 5.46. The topological polar surface area (TPSA) is 40.1 Å². The Morgan fingerprint density at radius 2 is 2.19 bits per heavy atom. The van der Waals surface area contributed by atoms with Crippen LogP contribution in [0, 0.1) is 0 Å². The third-order valence-electron chi connectivity index (χ3n) is 3.45. The van der Waals surface area contributed by atoms with Gasteiger partial charge in [0.2, 0.25) is 0 Å². The molecule has 1 aromatic rings. The monoisotopic (exact) mass is 424 g/mol. The Balaban J connectivity index is 0.00000220. The second-order valence-corrected chi connectivity index (χ2v) is 5.98. The van der Waals surface area contributed by atoms with Gasteiger partial charge in [0.05, 0.1) is 19.3 Å². The lowest BCUT2D eigenvalue weighted by Gasteiger charge is -2.34. The van der Waals surface area contributed by atoms with E-state index in [0.29, 0.717) is 6.04 Å². The van der Waals surface area contributed by atoms with Gasteiger partial charge in [-0.3, -0.25) is 9.89 Å². The maximum atomic E-state index is 5.46. The average Bonchev–Trinajstić information content (AvgIpc) is 2.98. The van der Waals surface area contributed by atoms with Crippen LogP contribution >= 0.6 is 35.3 Å². The van der Waals surface area contributed by atoms with Crippen LogP contribution in [-0.2, 0) is 4.74 Å². The van der Waals surface area contributed by atoms with Crippen molar-refractivity contribution in [2.45, 2.75) is 6.04 Å². The fourth-order valence-corrected chi connectivity index (χ4v) is 3.27. The van der Waals surface area contributed by atoms with Crippen molar-refractivity contribution in [2.75, 3.05) is 54.0 Å². The highest BCUT2D eigenvalue weighted by atomic mass is 127. The largest absolute Gasteiger partial charge is 0.379 e. The molecule has 1 saturated heterocycles. The molecule has 2 heterocycles. The third-order valence-corrected chi connectivity index (χ3v) is 4.42. The summed E-state index contributed by atoms with van der Waals surface area (Å²) < 4.78 is 5.46. The van der Waals surface area contributed by atoms with Gasteiger partial charge in [0, 0.05) is 45.7 Å². The number of hydrogen-bond donors (Lipinski definition) is 1. The molecule has 21 heavy (non-hydrogen) atoms. The van der Waals surface area contributed by atoms with E-state index in [4.69, 9.17) is 4.74 Å². The molecular weight excluding hydrogens is 399 g/mol. The van der Waals surface area contributed by atoms with Crippen LogP contribution in [0.15, 0.2) is 22.5 Å². The Bertz CT molecular complexity index is 419. The second kappa shape index (κ2) is 9.60. The van der Waals surface area contributed by atoms with Crippen molar-refractivity contribution in [1.29, 1.82) is 0 Å². The van der Waals surface area contributed by atoms with E-state index < -0.39 is 0 Å². The van der Waals surface area contributed by atoms with Crippen molar-refractivity contribution in [1.82, 2.24) is 15.1 Å². The van der Waals surface area contributed by atoms with Crippen LogP contribution in [-0.4, -0.2) is 69.8 Å². The van der Waals surface area contributed by atoms with E-state index in [9.17, 15) is 0 Å². The summed E-state index contributed by atoms with van der Waals surface area (Å²) in [6.07, 6.45) is 0. The number of ether oxygens (including phenoxy) is 1. The summed E-state index contributed by atoms with van der Waals surface area (Å²) in [4.78, 5) is 10.2. The SMILES string of the molecule is CN=C(NCC(c1cccs1)N1CCOCC1)N(C)C.I. The number of halogens is 1. The van der Waals surface area contributed by atoms with Crippen LogP contribution in [0.2, 0.25) is 0 Å². The molecule has 120 valence electrons. The number of guanidine groups is 1. The molecule has 0 spiro atoms. The van der Waals surface area contributed by atoms with Crippen LogP contribution in [0.4, 0.5) is 0 Å². The van der Waals surface area contributed by atoms with E-state index in [2.05, 4.69) is 32.7 Å². The van der Waals surface area contributed by atoms with Gasteiger partial charge < -0.3 is 15.0 Å². The zero-order valence-electron chi connectivity index (χ0n) is 12.9.